The van der Waals surface area contributed by atoms with Crippen molar-refractivity contribution in [3.05, 3.63) is 5.01 Å². The van der Waals surface area contributed by atoms with Gasteiger partial charge in [-0.1, -0.05) is 11.3 Å². The van der Waals surface area contributed by atoms with Crippen molar-refractivity contribution < 1.29 is 9.53 Å². The summed E-state index contributed by atoms with van der Waals surface area (Å²) in [6.45, 7) is 2.06. The third-order valence-corrected chi connectivity index (χ3v) is 2.17. The van der Waals surface area contributed by atoms with Crippen LogP contribution >= 0.6 is 11.3 Å². The Morgan fingerprint density at radius 2 is 2.38 bits per heavy atom. The lowest BCUT2D eigenvalue weighted by atomic mass is 10.5. The Kier molecular flexibility index (Phi) is 3.78. The molecule has 1 N–H and O–H groups in total. The van der Waals surface area contributed by atoms with E-state index < -0.39 is 0 Å². The Hall–Kier alpha value is -1.01. The minimum Gasteiger partial charge on any atom is -0.384 e. The minimum absolute atomic E-state index is 0.130. The van der Waals surface area contributed by atoms with Gasteiger partial charge in [-0.2, -0.15) is 0 Å². The molecule has 0 aliphatic heterocycles. The van der Waals surface area contributed by atoms with Crippen molar-refractivity contribution in [3.8, 4) is 0 Å². The molecule has 6 heteroatoms. The van der Waals surface area contributed by atoms with Crippen molar-refractivity contribution in [1.29, 1.82) is 0 Å². The lowest BCUT2D eigenvalue weighted by molar-refractivity contribution is -0.114. The van der Waals surface area contributed by atoms with Crippen molar-refractivity contribution >= 4 is 22.4 Å². The smallest absolute Gasteiger partial charge is 0.223 e. The molecule has 1 aromatic heterocycles. The standard InChI is InChI=1S/C7H11N3O2S/c1-5(11)8-7-10-9-6(13-7)3-4-12-2/h3-4H2,1-2H3,(H,8,10,11). The van der Waals surface area contributed by atoms with Crippen LogP contribution in [0.25, 0.3) is 0 Å². The quantitative estimate of drug-likeness (QED) is 0.778. The number of rotatable bonds is 4. The second kappa shape index (κ2) is 4.88. The van der Waals surface area contributed by atoms with Gasteiger partial charge in [0.25, 0.3) is 0 Å². The van der Waals surface area contributed by atoms with E-state index in [0.29, 0.717) is 11.7 Å². The largest absolute Gasteiger partial charge is 0.384 e. The molecule has 0 radical (unpaired) electrons. The number of carbonyl (C=O) groups excluding carboxylic acids is 1. The predicted octanol–water partition coefficient (Wildman–Crippen LogP) is 0.685. The first-order valence-electron chi connectivity index (χ1n) is 3.81. The molecule has 72 valence electrons. The number of anilines is 1. The van der Waals surface area contributed by atoms with Crippen molar-refractivity contribution in [2.45, 2.75) is 13.3 Å². The third-order valence-electron chi connectivity index (χ3n) is 1.27. The molecule has 1 rings (SSSR count). The van der Waals surface area contributed by atoms with E-state index in [9.17, 15) is 4.79 Å². The molecule has 0 fully saturated rings. The Morgan fingerprint density at radius 3 is 3.00 bits per heavy atom. The van der Waals surface area contributed by atoms with E-state index in [4.69, 9.17) is 4.74 Å². The molecule has 0 aliphatic rings. The average Bonchev–Trinajstić information content (AvgIpc) is 2.48. The van der Waals surface area contributed by atoms with E-state index in [0.717, 1.165) is 11.4 Å². The molecule has 1 heterocycles. The van der Waals surface area contributed by atoms with Crippen LogP contribution in [0.3, 0.4) is 0 Å². The maximum Gasteiger partial charge on any atom is 0.223 e. The molecule has 5 nitrogen and oxygen atoms in total. The number of ether oxygens (including phenoxy) is 1. The van der Waals surface area contributed by atoms with Gasteiger partial charge in [0.2, 0.25) is 11.0 Å². The van der Waals surface area contributed by atoms with E-state index in [1.165, 1.54) is 18.3 Å². The van der Waals surface area contributed by atoms with E-state index in [1.807, 2.05) is 0 Å². The molecule has 13 heavy (non-hydrogen) atoms. The molecule has 0 atom stereocenters. The fourth-order valence-corrected chi connectivity index (χ4v) is 1.51. The summed E-state index contributed by atoms with van der Waals surface area (Å²) >= 11 is 1.37. The molecule has 0 saturated carbocycles. The normalized spacial score (nSPS) is 10.0. The monoisotopic (exact) mass is 201 g/mol. The van der Waals surface area contributed by atoms with Crippen molar-refractivity contribution in [2.75, 3.05) is 19.0 Å². The summed E-state index contributed by atoms with van der Waals surface area (Å²) in [5, 5.41) is 11.6. The lowest BCUT2D eigenvalue weighted by Gasteiger charge is -1.92. The van der Waals surface area contributed by atoms with Crippen LogP contribution in [-0.2, 0) is 16.0 Å². The molecular formula is C7H11N3O2S. The van der Waals surface area contributed by atoms with E-state index in [-0.39, 0.29) is 5.91 Å². The first kappa shape index (κ1) is 10.1. The first-order valence-corrected chi connectivity index (χ1v) is 4.63. The second-order valence-corrected chi connectivity index (χ2v) is 3.49. The fraction of sp³-hybridized carbons (Fsp3) is 0.571. The van der Waals surface area contributed by atoms with Crippen LogP contribution < -0.4 is 5.32 Å². The molecule has 0 unspecified atom stereocenters. The Balaban J connectivity index is 2.48. The van der Waals surface area contributed by atoms with Gasteiger partial charge < -0.3 is 10.1 Å². The zero-order valence-electron chi connectivity index (χ0n) is 7.53. The summed E-state index contributed by atoms with van der Waals surface area (Å²) < 4.78 is 4.89. The van der Waals surface area contributed by atoms with Gasteiger partial charge in [0, 0.05) is 20.5 Å². The molecule has 0 saturated heterocycles. The lowest BCUT2D eigenvalue weighted by Crippen LogP contribution is -2.04. The van der Waals surface area contributed by atoms with Gasteiger partial charge in [0.15, 0.2) is 0 Å². The summed E-state index contributed by atoms with van der Waals surface area (Å²) in [5.41, 5.74) is 0. The molecule has 0 aromatic carbocycles. The summed E-state index contributed by atoms with van der Waals surface area (Å²) in [7, 11) is 1.63. The van der Waals surface area contributed by atoms with E-state index >= 15 is 0 Å². The Morgan fingerprint density at radius 1 is 1.62 bits per heavy atom. The maximum absolute atomic E-state index is 10.6. The van der Waals surface area contributed by atoms with Crippen LogP contribution in [0.5, 0.6) is 0 Å². The van der Waals surface area contributed by atoms with Gasteiger partial charge in [0.1, 0.15) is 5.01 Å². The first-order chi connectivity index (χ1) is 6.22. The third kappa shape index (κ3) is 3.47. The van der Waals surface area contributed by atoms with Crippen LogP contribution in [0.15, 0.2) is 0 Å². The van der Waals surface area contributed by atoms with Gasteiger partial charge in [-0.3, -0.25) is 4.79 Å². The van der Waals surface area contributed by atoms with Crippen molar-refractivity contribution in [3.63, 3.8) is 0 Å². The average molecular weight is 201 g/mol. The molecular weight excluding hydrogens is 190 g/mol. The summed E-state index contributed by atoms with van der Waals surface area (Å²) in [6.07, 6.45) is 0.730. The van der Waals surface area contributed by atoms with Gasteiger partial charge in [-0.05, 0) is 0 Å². The zero-order chi connectivity index (χ0) is 9.68. The van der Waals surface area contributed by atoms with Gasteiger partial charge in [-0.25, -0.2) is 0 Å². The Labute approximate surface area is 80.1 Å². The molecule has 0 aliphatic carbocycles. The number of amides is 1. The van der Waals surface area contributed by atoms with Gasteiger partial charge in [0.05, 0.1) is 6.61 Å². The Bertz CT molecular complexity index is 287. The van der Waals surface area contributed by atoms with Crippen LogP contribution in [-0.4, -0.2) is 29.8 Å². The van der Waals surface area contributed by atoms with E-state index in [2.05, 4.69) is 15.5 Å². The second-order valence-electron chi connectivity index (χ2n) is 2.42. The van der Waals surface area contributed by atoms with Crippen LogP contribution in [0.1, 0.15) is 11.9 Å². The van der Waals surface area contributed by atoms with Crippen LogP contribution in [0, 0.1) is 0 Å². The number of hydrogen-bond acceptors (Lipinski definition) is 5. The minimum atomic E-state index is -0.130. The van der Waals surface area contributed by atoms with Gasteiger partial charge in [-0.15, -0.1) is 10.2 Å². The molecule has 1 amide bonds. The highest BCUT2D eigenvalue weighted by atomic mass is 32.1. The predicted molar refractivity (Wildman–Crippen MR) is 49.8 cm³/mol. The highest BCUT2D eigenvalue weighted by molar-refractivity contribution is 7.15. The topological polar surface area (TPSA) is 64.1 Å². The molecule has 1 aromatic rings. The van der Waals surface area contributed by atoms with Crippen molar-refractivity contribution in [1.82, 2.24) is 10.2 Å². The highest BCUT2D eigenvalue weighted by Gasteiger charge is 2.04. The number of aromatic nitrogens is 2. The van der Waals surface area contributed by atoms with Crippen LogP contribution in [0.2, 0.25) is 0 Å². The number of hydrogen-bond donors (Lipinski definition) is 1. The summed E-state index contributed by atoms with van der Waals surface area (Å²) in [5.74, 6) is -0.130. The zero-order valence-corrected chi connectivity index (χ0v) is 8.35. The molecule has 0 bridgehead atoms. The van der Waals surface area contributed by atoms with Crippen molar-refractivity contribution in [2.24, 2.45) is 0 Å². The number of methoxy groups -OCH3 is 1. The number of nitrogens with zero attached hydrogens (tertiary/aromatic N) is 2. The maximum atomic E-state index is 10.6. The van der Waals surface area contributed by atoms with Gasteiger partial charge >= 0.3 is 0 Å². The molecule has 0 spiro atoms. The summed E-state index contributed by atoms with van der Waals surface area (Å²) in [4.78, 5) is 10.6. The highest BCUT2D eigenvalue weighted by Crippen LogP contribution is 2.15. The number of carbonyl (C=O) groups is 1. The number of nitrogens with one attached hydrogen (secondary N) is 1. The summed E-state index contributed by atoms with van der Waals surface area (Å²) in [6, 6.07) is 0. The SMILES string of the molecule is COCCc1nnc(NC(C)=O)s1. The van der Waals surface area contributed by atoms with E-state index in [1.54, 1.807) is 7.11 Å². The van der Waals surface area contributed by atoms with Crippen LogP contribution in [0.4, 0.5) is 5.13 Å². The fourth-order valence-electron chi connectivity index (χ4n) is 0.745.